The SMILES string of the molecule is COC(=O)Cc1cc(C#N)c(I)nc1C(F)F. The molecule has 0 aliphatic carbocycles. The van der Waals surface area contributed by atoms with Gasteiger partial charge in [0.25, 0.3) is 6.43 Å². The van der Waals surface area contributed by atoms with Gasteiger partial charge in [0.1, 0.15) is 15.5 Å². The number of nitriles is 1. The Bertz CT molecular complexity index is 486. The first-order chi connectivity index (χ1) is 7.99. The summed E-state index contributed by atoms with van der Waals surface area (Å²) in [5.74, 6) is -0.654. The number of methoxy groups -OCH3 is 1. The first-order valence-corrected chi connectivity index (χ1v) is 5.51. The number of alkyl halides is 2. The van der Waals surface area contributed by atoms with Crippen LogP contribution in [0, 0.1) is 15.0 Å². The normalized spacial score (nSPS) is 10.1. The zero-order chi connectivity index (χ0) is 13.0. The lowest BCUT2D eigenvalue weighted by Crippen LogP contribution is -2.10. The minimum absolute atomic E-state index is 0.0174. The third kappa shape index (κ3) is 3.33. The molecule has 0 radical (unpaired) electrons. The van der Waals surface area contributed by atoms with Crippen LogP contribution in [-0.2, 0) is 16.0 Å². The van der Waals surface area contributed by atoms with E-state index in [1.54, 1.807) is 22.6 Å². The predicted octanol–water partition coefficient (Wildman–Crippen LogP) is 2.21. The van der Waals surface area contributed by atoms with E-state index in [9.17, 15) is 13.6 Å². The molecule has 0 bridgehead atoms. The fourth-order valence-corrected chi connectivity index (χ4v) is 1.72. The number of pyridine rings is 1. The van der Waals surface area contributed by atoms with E-state index < -0.39 is 18.1 Å². The van der Waals surface area contributed by atoms with Crippen molar-refractivity contribution in [1.82, 2.24) is 4.98 Å². The molecule has 0 N–H and O–H groups in total. The van der Waals surface area contributed by atoms with Crippen molar-refractivity contribution in [3.05, 3.63) is 26.6 Å². The lowest BCUT2D eigenvalue weighted by atomic mass is 10.1. The van der Waals surface area contributed by atoms with Crippen LogP contribution < -0.4 is 0 Å². The van der Waals surface area contributed by atoms with Crippen molar-refractivity contribution >= 4 is 28.6 Å². The Morgan fingerprint density at radius 1 is 1.71 bits per heavy atom. The van der Waals surface area contributed by atoms with Gasteiger partial charge in [-0.05, 0) is 34.2 Å². The van der Waals surface area contributed by atoms with E-state index >= 15 is 0 Å². The van der Waals surface area contributed by atoms with Gasteiger partial charge in [0.15, 0.2) is 0 Å². The fourth-order valence-electron chi connectivity index (χ4n) is 1.18. The van der Waals surface area contributed by atoms with Gasteiger partial charge in [-0.1, -0.05) is 0 Å². The molecular weight excluding hydrogens is 345 g/mol. The number of esters is 1. The molecule has 0 saturated heterocycles. The molecule has 4 nitrogen and oxygen atoms in total. The van der Waals surface area contributed by atoms with Crippen LogP contribution in [0.5, 0.6) is 0 Å². The minimum Gasteiger partial charge on any atom is -0.469 e. The molecule has 0 atom stereocenters. The molecule has 7 heteroatoms. The number of aromatic nitrogens is 1. The highest BCUT2D eigenvalue weighted by molar-refractivity contribution is 14.1. The van der Waals surface area contributed by atoms with Crippen LogP contribution >= 0.6 is 22.6 Å². The molecule has 0 saturated carbocycles. The van der Waals surface area contributed by atoms with Crippen molar-refractivity contribution in [2.45, 2.75) is 12.8 Å². The zero-order valence-corrected chi connectivity index (χ0v) is 10.9. The standard InChI is InChI=1S/C10H7F2IN2O2/c1-17-7(16)3-5-2-6(4-14)10(13)15-8(5)9(11)12/h2,9H,3H2,1H3. The van der Waals surface area contributed by atoms with Gasteiger partial charge < -0.3 is 4.74 Å². The summed E-state index contributed by atoms with van der Waals surface area (Å²) in [5, 5.41) is 8.77. The van der Waals surface area contributed by atoms with E-state index in [2.05, 4.69) is 9.72 Å². The molecule has 0 aliphatic rings. The van der Waals surface area contributed by atoms with Gasteiger partial charge in [-0.25, -0.2) is 13.8 Å². The van der Waals surface area contributed by atoms with E-state index in [0.29, 0.717) is 0 Å². The number of carbonyl (C=O) groups excluding carboxylic acids is 1. The average molecular weight is 352 g/mol. The Hall–Kier alpha value is -1.30. The number of ether oxygens (including phenoxy) is 1. The van der Waals surface area contributed by atoms with Gasteiger partial charge in [-0.2, -0.15) is 5.26 Å². The second-order valence-corrected chi connectivity index (χ2v) is 4.06. The van der Waals surface area contributed by atoms with E-state index in [4.69, 9.17) is 5.26 Å². The number of hydrogen-bond donors (Lipinski definition) is 0. The summed E-state index contributed by atoms with van der Waals surface area (Å²) in [6, 6.07) is 3.07. The van der Waals surface area contributed by atoms with Gasteiger partial charge in [0.05, 0.1) is 19.1 Å². The van der Waals surface area contributed by atoms with Gasteiger partial charge in [-0.3, -0.25) is 4.79 Å². The molecule has 1 heterocycles. The van der Waals surface area contributed by atoms with Gasteiger partial charge >= 0.3 is 5.97 Å². The molecule has 0 aromatic carbocycles. The van der Waals surface area contributed by atoms with Crippen LogP contribution in [0.15, 0.2) is 6.07 Å². The molecule has 17 heavy (non-hydrogen) atoms. The molecule has 0 unspecified atom stereocenters. The molecule has 1 rings (SSSR count). The molecule has 0 spiro atoms. The molecule has 1 aromatic heterocycles. The molecule has 0 aliphatic heterocycles. The highest BCUT2D eigenvalue weighted by atomic mass is 127. The molecule has 0 amide bonds. The summed E-state index contributed by atoms with van der Waals surface area (Å²) in [4.78, 5) is 14.7. The summed E-state index contributed by atoms with van der Waals surface area (Å²) >= 11 is 1.70. The Morgan fingerprint density at radius 2 is 2.35 bits per heavy atom. The Labute approximate surface area is 110 Å². The molecule has 0 fully saturated rings. The third-order valence-corrected chi connectivity index (χ3v) is 2.80. The topological polar surface area (TPSA) is 63.0 Å². The summed E-state index contributed by atoms with van der Waals surface area (Å²) in [6.07, 6.45) is -3.12. The molecule has 90 valence electrons. The van der Waals surface area contributed by atoms with Crippen molar-refractivity contribution in [2.24, 2.45) is 0 Å². The second kappa shape index (κ2) is 5.86. The maximum atomic E-state index is 12.7. The van der Waals surface area contributed by atoms with Crippen LogP contribution in [0.4, 0.5) is 8.78 Å². The number of rotatable bonds is 3. The Morgan fingerprint density at radius 3 is 2.82 bits per heavy atom. The van der Waals surface area contributed by atoms with E-state index in [1.165, 1.54) is 6.07 Å². The first kappa shape index (κ1) is 13.8. The van der Waals surface area contributed by atoms with Crippen molar-refractivity contribution in [3.8, 4) is 6.07 Å². The first-order valence-electron chi connectivity index (χ1n) is 4.44. The average Bonchev–Trinajstić information content (AvgIpc) is 2.30. The van der Waals surface area contributed by atoms with Crippen molar-refractivity contribution in [2.75, 3.05) is 7.11 Å². The lowest BCUT2D eigenvalue weighted by Gasteiger charge is -2.08. The number of hydrogen-bond acceptors (Lipinski definition) is 4. The van der Waals surface area contributed by atoms with Crippen molar-refractivity contribution < 1.29 is 18.3 Å². The van der Waals surface area contributed by atoms with Gasteiger partial charge in [-0.15, -0.1) is 0 Å². The largest absolute Gasteiger partial charge is 0.469 e. The number of carbonyl (C=O) groups is 1. The maximum Gasteiger partial charge on any atom is 0.310 e. The minimum atomic E-state index is -2.80. The second-order valence-electron chi connectivity index (χ2n) is 3.04. The summed E-state index contributed by atoms with van der Waals surface area (Å²) in [5.41, 5.74) is -0.309. The smallest absolute Gasteiger partial charge is 0.310 e. The molecular formula is C10H7F2IN2O2. The summed E-state index contributed by atoms with van der Waals surface area (Å²) in [6.45, 7) is 0. The van der Waals surface area contributed by atoms with E-state index in [1.807, 2.05) is 6.07 Å². The van der Waals surface area contributed by atoms with Crippen molar-refractivity contribution in [1.29, 1.82) is 5.26 Å². The zero-order valence-electron chi connectivity index (χ0n) is 8.71. The van der Waals surface area contributed by atoms with E-state index in [0.717, 1.165) is 7.11 Å². The number of halogens is 3. The predicted molar refractivity (Wildman–Crippen MR) is 62.3 cm³/mol. The number of nitrogens with zero attached hydrogens (tertiary/aromatic N) is 2. The summed E-state index contributed by atoms with van der Waals surface area (Å²) in [7, 11) is 1.16. The van der Waals surface area contributed by atoms with Gasteiger partial charge in [0, 0.05) is 0 Å². The van der Waals surface area contributed by atoms with E-state index in [-0.39, 0.29) is 21.2 Å². The quantitative estimate of drug-likeness (QED) is 0.475. The highest BCUT2D eigenvalue weighted by Crippen LogP contribution is 2.24. The van der Waals surface area contributed by atoms with Crippen LogP contribution in [0.2, 0.25) is 0 Å². The van der Waals surface area contributed by atoms with Crippen LogP contribution in [-0.4, -0.2) is 18.1 Å². The Balaban J connectivity index is 3.25. The van der Waals surface area contributed by atoms with Crippen LogP contribution in [0.3, 0.4) is 0 Å². The fraction of sp³-hybridized carbons (Fsp3) is 0.300. The maximum absolute atomic E-state index is 12.7. The molecule has 1 aromatic rings. The lowest BCUT2D eigenvalue weighted by molar-refractivity contribution is -0.139. The van der Waals surface area contributed by atoms with Crippen LogP contribution in [0.25, 0.3) is 0 Å². The Kier molecular flexibility index (Phi) is 4.74. The monoisotopic (exact) mass is 352 g/mol. The highest BCUT2D eigenvalue weighted by Gasteiger charge is 2.20. The van der Waals surface area contributed by atoms with Crippen molar-refractivity contribution in [3.63, 3.8) is 0 Å². The summed E-state index contributed by atoms with van der Waals surface area (Å²) < 4.78 is 30.0. The third-order valence-electron chi connectivity index (χ3n) is 1.98. The van der Waals surface area contributed by atoms with Crippen LogP contribution in [0.1, 0.15) is 23.2 Å². The van der Waals surface area contributed by atoms with Gasteiger partial charge in [0.2, 0.25) is 0 Å².